The van der Waals surface area contributed by atoms with Crippen LogP contribution in [0.2, 0.25) is 10.0 Å². The first-order chi connectivity index (χ1) is 7.40. The molecule has 90 valence electrons. The summed E-state index contributed by atoms with van der Waals surface area (Å²) in [5.74, 6) is -0.959. The first-order valence-corrected chi connectivity index (χ1v) is 6.47. The first-order valence-electron chi connectivity index (χ1n) is 4.23. The second-order valence-corrected chi connectivity index (χ2v) is 5.38. The van der Waals surface area contributed by atoms with Gasteiger partial charge < -0.3 is 5.73 Å². The van der Waals surface area contributed by atoms with Crippen LogP contribution in [0.25, 0.3) is 0 Å². The normalized spacial score (nSPS) is 11.8. The molecule has 0 fully saturated rings. The SMILES string of the molecule is NCCNS(=O)(=O)c1ccc(Cl)c(F)c1Cl. The van der Waals surface area contributed by atoms with Gasteiger partial charge in [-0.2, -0.15) is 0 Å². The summed E-state index contributed by atoms with van der Waals surface area (Å²) in [5.41, 5.74) is 5.15. The van der Waals surface area contributed by atoms with Crippen LogP contribution in [-0.2, 0) is 10.0 Å². The zero-order valence-corrected chi connectivity index (χ0v) is 10.3. The van der Waals surface area contributed by atoms with Gasteiger partial charge >= 0.3 is 0 Å². The molecular formula is C8H9Cl2FN2O2S. The van der Waals surface area contributed by atoms with Crippen LogP contribution in [0, 0.1) is 5.82 Å². The Kier molecular flexibility index (Phi) is 4.52. The van der Waals surface area contributed by atoms with E-state index in [1.54, 1.807) is 0 Å². The molecule has 0 aliphatic heterocycles. The van der Waals surface area contributed by atoms with Crippen LogP contribution in [0.1, 0.15) is 0 Å². The largest absolute Gasteiger partial charge is 0.329 e. The number of nitrogens with two attached hydrogens (primary N) is 1. The predicted octanol–water partition coefficient (Wildman–Crippen LogP) is 1.37. The molecule has 16 heavy (non-hydrogen) atoms. The van der Waals surface area contributed by atoms with E-state index in [0.717, 1.165) is 12.1 Å². The molecule has 3 N–H and O–H groups in total. The minimum atomic E-state index is -3.85. The smallest absolute Gasteiger partial charge is 0.242 e. The summed E-state index contributed by atoms with van der Waals surface area (Å²) in [5, 5.41) is -0.764. The average molecular weight is 287 g/mol. The van der Waals surface area contributed by atoms with Gasteiger partial charge in [0.25, 0.3) is 0 Å². The summed E-state index contributed by atoms with van der Waals surface area (Å²) >= 11 is 11.0. The summed E-state index contributed by atoms with van der Waals surface area (Å²) in [4.78, 5) is -0.357. The van der Waals surface area contributed by atoms with E-state index in [9.17, 15) is 12.8 Å². The summed E-state index contributed by atoms with van der Waals surface area (Å²) in [6.07, 6.45) is 0. The van der Waals surface area contributed by atoms with Crippen LogP contribution in [0.4, 0.5) is 4.39 Å². The molecule has 0 saturated heterocycles. The summed E-state index contributed by atoms with van der Waals surface area (Å²) < 4.78 is 38.7. The predicted molar refractivity (Wildman–Crippen MR) is 60.7 cm³/mol. The molecule has 1 aromatic rings. The van der Waals surface area contributed by atoms with Crippen molar-refractivity contribution in [2.24, 2.45) is 5.73 Å². The lowest BCUT2D eigenvalue weighted by Gasteiger charge is -2.08. The summed E-state index contributed by atoms with van der Waals surface area (Å²) in [6, 6.07) is 2.26. The van der Waals surface area contributed by atoms with E-state index in [-0.39, 0.29) is 23.0 Å². The maximum atomic E-state index is 13.3. The quantitative estimate of drug-likeness (QED) is 0.821. The highest BCUT2D eigenvalue weighted by atomic mass is 35.5. The standard InChI is InChI=1S/C8H9Cl2FN2O2S/c9-5-1-2-6(7(10)8(5)11)16(14,15)13-4-3-12/h1-2,13H,3-4,12H2. The van der Waals surface area contributed by atoms with Gasteiger partial charge in [-0.15, -0.1) is 0 Å². The fourth-order valence-corrected chi connectivity index (χ4v) is 2.78. The monoisotopic (exact) mass is 286 g/mol. The molecule has 1 aromatic carbocycles. The van der Waals surface area contributed by atoms with Crippen molar-refractivity contribution >= 4 is 33.2 Å². The van der Waals surface area contributed by atoms with Crippen molar-refractivity contribution in [1.29, 1.82) is 0 Å². The van der Waals surface area contributed by atoms with Gasteiger partial charge in [-0.25, -0.2) is 17.5 Å². The molecule has 0 bridgehead atoms. The maximum absolute atomic E-state index is 13.3. The van der Waals surface area contributed by atoms with Gasteiger partial charge in [0.15, 0.2) is 5.82 Å². The molecule has 0 aliphatic carbocycles. The van der Waals surface area contributed by atoms with E-state index in [2.05, 4.69) is 4.72 Å². The Labute approximate surface area is 103 Å². The van der Waals surface area contributed by atoms with Crippen LogP contribution >= 0.6 is 23.2 Å². The van der Waals surface area contributed by atoms with E-state index >= 15 is 0 Å². The zero-order chi connectivity index (χ0) is 12.3. The molecular weight excluding hydrogens is 278 g/mol. The van der Waals surface area contributed by atoms with Crippen molar-refractivity contribution < 1.29 is 12.8 Å². The van der Waals surface area contributed by atoms with Crippen LogP contribution < -0.4 is 10.5 Å². The Bertz CT molecular complexity index is 493. The molecule has 0 saturated carbocycles. The van der Waals surface area contributed by atoms with Crippen molar-refractivity contribution in [2.45, 2.75) is 4.90 Å². The third-order valence-corrected chi connectivity index (χ3v) is 4.00. The Morgan fingerprint density at radius 1 is 1.38 bits per heavy atom. The Balaban J connectivity index is 3.19. The molecule has 8 heteroatoms. The van der Waals surface area contributed by atoms with E-state index < -0.39 is 20.9 Å². The first kappa shape index (κ1) is 13.7. The highest BCUT2D eigenvalue weighted by Crippen LogP contribution is 2.29. The minimum absolute atomic E-state index is 0.0446. The van der Waals surface area contributed by atoms with Crippen molar-refractivity contribution in [3.05, 3.63) is 28.0 Å². The van der Waals surface area contributed by atoms with Crippen LogP contribution in [0.5, 0.6) is 0 Å². The van der Waals surface area contributed by atoms with Crippen molar-refractivity contribution in [2.75, 3.05) is 13.1 Å². The van der Waals surface area contributed by atoms with Crippen LogP contribution in [-0.4, -0.2) is 21.5 Å². The second kappa shape index (κ2) is 5.29. The highest BCUT2D eigenvalue weighted by molar-refractivity contribution is 7.89. The molecule has 0 atom stereocenters. The molecule has 0 aromatic heterocycles. The van der Waals surface area contributed by atoms with Crippen molar-refractivity contribution in [3.8, 4) is 0 Å². The van der Waals surface area contributed by atoms with Gasteiger partial charge in [-0.3, -0.25) is 0 Å². The molecule has 0 heterocycles. The maximum Gasteiger partial charge on any atom is 0.242 e. The molecule has 0 radical (unpaired) electrons. The zero-order valence-electron chi connectivity index (χ0n) is 8.00. The molecule has 0 spiro atoms. The van der Waals surface area contributed by atoms with Gasteiger partial charge in [-0.05, 0) is 12.1 Å². The number of rotatable bonds is 4. The number of sulfonamides is 1. The van der Waals surface area contributed by atoms with Gasteiger partial charge in [0.2, 0.25) is 10.0 Å². The van der Waals surface area contributed by atoms with Gasteiger partial charge in [0, 0.05) is 13.1 Å². The van der Waals surface area contributed by atoms with E-state index in [0.29, 0.717) is 0 Å². The third-order valence-electron chi connectivity index (χ3n) is 1.73. The highest BCUT2D eigenvalue weighted by Gasteiger charge is 2.21. The molecule has 4 nitrogen and oxygen atoms in total. The number of benzene rings is 1. The Morgan fingerprint density at radius 2 is 2.00 bits per heavy atom. The fourth-order valence-electron chi connectivity index (χ4n) is 0.987. The Hall–Kier alpha value is -0.400. The molecule has 1 rings (SSSR count). The van der Waals surface area contributed by atoms with Gasteiger partial charge in [0.05, 0.1) is 10.0 Å². The molecule has 0 amide bonds. The molecule has 0 unspecified atom stereocenters. The summed E-state index contributed by atoms with van der Waals surface area (Å²) in [6.45, 7) is 0.176. The molecule has 0 aliphatic rings. The Morgan fingerprint density at radius 3 is 2.56 bits per heavy atom. The minimum Gasteiger partial charge on any atom is -0.329 e. The number of hydrogen-bond donors (Lipinski definition) is 2. The van der Waals surface area contributed by atoms with E-state index in [1.807, 2.05) is 0 Å². The van der Waals surface area contributed by atoms with E-state index in [4.69, 9.17) is 28.9 Å². The number of nitrogens with one attached hydrogen (secondary N) is 1. The van der Waals surface area contributed by atoms with E-state index in [1.165, 1.54) is 0 Å². The number of hydrogen-bond acceptors (Lipinski definition) is 3. The lowest BCUT2D eigenvalue weighted by Crippen LogP contribution is -2.29. The van der Waals surface area contributed by atoms with Gasteiger partial charge in [-0.1, -0.05) is 23.2 Å². The van der Waals surface area contributed by atoms with Crippen molar-refractivity contribution in [3.63, 3.8) is 0 Å². The lowest BCUT2D eigenvalue weighted by molar-refractivity contribution is 0.578. The van der Waals surface area contributed by atoms with Crippen molar-refractivity contribution in [1.82, 2.24) is 4.72 Å². The van der Waals surface area contributed by atoms with Crippen LogP contribution in [0.3, 0.4) is 0 Å². The second-order valence-electron chi connectivity index (χ2n) is 2.86. The topological polar surface area (TPSA) is 72.2 Å². The van der Waals surface area contributed by atoms with Gasteiger partial charge in [0.1, 0.15) is 4.90 Å². The third kappa shape index (κ3) is 2.83. The van der Waals surface area contributed by atoms with Crippen LogP contribution in [0.15, 0.2) is 17.0 Å². The lowest BCUT2D eigenvalue weighted by atomic mass is 10.3. The fraction of sp³-hybridized carbons (Fsp3) is 0.250. The number of halogens is 3. The average Bonchev–Trinajstić information content (AvgIpc) is 2.23. The summed E-state index contributed by atoms with van der Waals surface area (Å²) in [7, 11) is -3.85.